The van der Waals surface area contributed by atoms with E-state index in [0.29, 0.717) is 6.41 Å². The van der Waals surface area contributed by atoms with E-state index in [4.69, 9.17) is 0 Å². The van der Waals surface area contributed by atoms with Crippen LogP contribution in [0.1, 0.15) is 17.8 Å². The van der Waals surface area contributed by atoms with E-state index in [1.54, 1.807) is 11.3 Å². The summed E-state index contributed by atoms with van der Waals surface area (Å²) in [5.41, 5.74) is 1.73. The van der Waals surface area contributed by atoms with Gasteiger partial charge in [-0.15, -0.1) is 11.3 Å². The SMILES string of the molecule is CC(Nc1ccccc1NC=O)c1cccs1. The summed E-state index contributed by atoms with van der Waals surface area (Å²) < 4.78 is 0. The number of hydrogen-bond donors (Lipinski definition) is 2. The third kappa shape index (κ3) is 2.85. The summed E-state index contributed by atoms with van der Waals surface area (Å²) >= 11 is 1.72. The highest BCUT2D eigenvalue weighted by atomic mass is 32.1. The highest BCUT2D eigenvalue weighted by Gasteiger charge is 2.08. The number of rotatable bonds is 5. The molecule has 0 saturated carbocycles. The first-order valence-corrected chi connectivity index (χ1v) is 6.28. The molecule has 0 bridgehead atoms. The minimum absolute atomic E-state index is 0.226. The summed E-state index contributed by atoms with van der Waals surface area (Å²) in [7, 11) is 0. The normalized spacial score (nSPS) is 11.8. The molecule has 88 valence electrons. The highest BCUT2D eigenvalue weighted by molar-refractivity contribution is 7.10. The fourth-order valence-corrected chi connectivity index (χ4v) is 2.37. The van der Waals surface area contributed by atoms with Crippen LogP contribution in [0.25, 0.3) is 0 Å². The number of benzene rings is 1. The van der Waals surface area contributed by atoms with E-state index in [9.17, 15) is 4.79 Å². The van der Waals surface area contributed by atoms with E-state index in [2.05, 4.69) is 29.0 Å². The number of hydrogen-bond acceptors (Lipinski definition) is 3. The van der Waals surface area contributed by atoms with Crippen LogP contribution in [-0.4, -0.2) is 6.41 Å². The molecule has 2 rings (SSSR count). The second-order valence-electron chi connectivity index (χ2n) is 3.69. The Labute approximate surface area is 104 Å². The fourth-order valence-electron chi connectivity index (χ4n) is 1.64. The van der Waals surface area contributed by atoms with Crippen molar-refractivity contribution in [2.45, 2.75) is 13.0 Å². The lowest BCUT2D eigenvalue weighted by molar-refractivity contribution is -0.105. The van der Waals surface area contributed by atoms with Crippen molar-refractivity contribution in [3.8, 4) is 0 Å². The van der Waals surface area contributed by atoms with Gasteiger partial charge in [-0.2, -0.15) is 0 Å². The predicted molar refractivity (Wildman–Crippen MR) is 72.5 cm³/mol. The quantitative estimate of drug-likeness (QED) is 0.793. The van der Waals surface area contributed by atoms with Crippen LogP contribution in [0.2, 0.25) is 0 Å². The molecule has 0 aliphatic heterocycles. The molecule has 1 atom stereocenters. The van der Waals surface area contributed by atoms with Crippen molar-refractivity contribution < 1.29 is 4.79 Å². The number of thiophene rings is 1. The molecule has 0 fully saturated rings. The van der Waals surface area contributed by atoms with Gasteiger partial charge in [-0.3, -0.25) is 4.79 Å². The van der Waals surface area contributed by atoms with Gasteiger partial charge in [0.1, 0.15) is 0 Å². The Bertz CT molecular complexity index is 482. The maximum Gasteiger partial charge on any atom is 0.211 e. The monoisotopic (exact) mass is 246 g/mol. The lowest BCUT2D eigenvalue weighted by atomic mass is 10.2. The first-order valence-electron chi connectivity index (χ1n) is 5.40. The van der Waals surface area contributed by atoms with Gasteiger partial charge in [-0.25, -0.2) is 0 Å². The largest absolute Gasteiger partial charge is 0.376 e. The molecule has 1 heterocycles. The maximum absolute atomic E-state index is 10.5. The zero-order valence-corrected chi connectivity index (χ0v) is 10.3. The summed E-state index contributed by atoms with van der Waals surface area (Å²) in [6, 6.07) is 12.0. The third-order valence-corrected chi connectivity index (χ3v) is 3.54. The van der Waals surface area contributed by atoms with Crippen LogP contribution < -0.4 is 10.6 Å². The Kier molecular flexibility index (Phi) is 3.77. The van der Waals surface area contributed by atoms with Crippen molar-refractivity contribution in [2.75, 3.05) is 10.6 Å². The number of amides is 1. The van der Waals surface area contributed by atoms with E-state index >= 15 is 0 Å². The summed E-state index contributed by atoms with van der Waals surface area (Å²) in [4.78, 5) is 11.8. The molecule has 17 heavy (non-hydrogen) atoms. The van der Waals surface area contributed by atoms with Gasteiger partial charge >= 0.3 is 0 Å². The second-order valence-corrected chi connectivity index (χ2v) is 4.67. The number of carbonyl (C=O) groups excluding carboxylic acids is 1. The van der Waals surface area contributed by atoms with Gasteiger partial charge in [-0.1, -0.05) is 18.2 Å². The van der Waals surface area contributed by atoms with Crippen LogP contribution in [-0.2, 0) is 4.79 Å². The first-order chi connectivity index (χ1) is 8.31. The molecule has 0 saturated heterocycles. The molecule has 0 aliphatic carbocycles. The lowest BCUT2D eigenvalue weighted by Crippen LogP contribution is -2.07. The number of para-hydroxylation sites is 2. The van der Waals surface area contributed by atoms with Crippen LogP contribution in [0.5, 0.6) is 0 Å². The predicted octanol–water partition coefficient (Wildman–Crippen LogP) is 3.49. The van der Waals surface area contributed by atoms with Crippen LogP contribution in [0.3, 0.4) is 0 Å². The van der Waals surface area contributed by atoms with Gasteiger partial charge in [-0.05, 0) is 30.5 Å². The molecule has 1 aromatic carbocycles. The standard InChI is InChI=1S/C13H14N2OS/c1-10(13-7-4-8-17-13)15-12-6-3-2-5-11(12)14-9-16/h2-10,15H,1H3,(H,14,16). The van der Waals surface area contributed by atoms with E-state index < -0.39 is 0 Å². The molecule has 1 amide bonds. The Morgan fingerprint density at radius 3 is 2.59 bits per heavy atom. The summed E-state index contributed by atoms with van der Waals surface area (Å²) in [5.74, 6) is 0. The Hall–Kier alpha value is -1.81. The first kappa shape index (κ1) is 11.7. The number of nitrogens with one attached hydrogen (secondary N) is 2. The molecule has 4 heteroatoms. The third-order valence-electron chi connectivity index (χ3n) is 2.48. The van der Waals surface area contributed by atoms with Gasteiger partial charge in [0, 0.05) is 4.88 Å². The van der Waals surface area contributed by atoms with E-state index in [0.717, 1.165) is 11.4 Å². The molecular formula is C13H14N2OS. The average molecular weight is 246 g/mol. The maximum atomic E-state index is 10.5. The topological polar surface area (TPSA) is 41.1 Å². The summed E-state index contributed by atoms with van der Waals surface area (Å²) in [5, 5.41) is 8.13. The van der Waals surface area contributed by atoms with Crippen LogP contribution in [0, 0.1) is 0 Å². The molecule has 0 radical (unpaired) electrons. The fraction of sp³-hybridized carbons (Fsp3) is 0.154. The molecule has 0 aliphatic rings. The van der Waals surface area contributed by atoms with Gasteiger partial charge in [0.25, 0.3) is 0 Å². The zero-order chi connectivity index (χ0) is 12.1. The molecule has 1 unspecified atom stereocenters. The average Bonchev–Trinajstić information content (AvgIpc) is 2.85. The second kappa shape index (κ2) is 5.50. The van der Waals surface area contributed by atoms with Crippen LogP contribution >= 0.6 is 11.3 Å². The summed E-state index contributed by atoms with van der Waals surface area (Å²) in [6.07, 6.45) is 0.691. The van der Waals surface area contributed by atoms with Gasteiger partial charge in [0.05, 0.1) is 17.4 Å². The van der Waals surface area contributed by atoms with Crippen molar-refractivity contribution >= 4 is 29.1 Å². The molecule has 1 aromatic heterocycles. The minimum atomic E-state index is 0.226. The van der Waals surface area contributed by atoms with E-state index in [1.807, 2.05) is 30.3 Å². The smallest absolute Gasteiger partial charge is 0.211 e. The van der Waals surface area contributed by atoms with Crippen LogP contribution in [0.15, 0.2) is 41.8 Å². The van der Waals surface area contributed by atoms with Crippen molar-refractivity contribution in [3.63, 3.8) is 0 Å². The zero-order valence-electron chi connectivity index (χ0n) is 9.51. The van der Waals surface area contributed by atoms with Crippen LogP contribution in [0.4, 0.5) is 11.4 Å². The molecular weight excluding hydrogens is 232 g/mol. The van der Waals surface area contributed by atoms with Crippen molar-refractivity contribution in [3.05, 3.63) is 46.7 Å². The van der Waals surface area contributed by atoms with E-state index in [1.165, 1.54) is 4.88 Å². The van der Waals surface area contributed by atoms with Gasteiger partial charge in [0.2, 0.25) is 6.41 Å². The van der Waals surface area contributed by atoms with Crippen molar-refractivity contribution in [1.82, 2.24) is 0 Å². The highest BCUT2D eigenvalue weighted by Crippen LogP contribution is 2.27. The lowest BCUT2D eigenvalue weighted by Gasteiger charge is -2.16. The minimum Gasteiger partial charge on any atom is -0.376 e. The number of carbonyl (C=O) groups is 1. The molecule has 0 spiro atoms. The van der Waals surface area contributed by atoms with Gasteiger partial charge in [0.15, 0.2) is 0 Å². The van der Waals surface area contributed by atoms with Gasteiger partial charge < -0.3 is 10.6 Å². The molecule has 2 aromatic rings. The van der Waals surface area contributed by atoms with E-state index in [-0.39, 0.29) is 6.04 Å². The number of anilines is 2. The Morgan fingerprint density at radius 1 is 1.18 bits per heavy atom. The Balaban J connectivity index is 2.15. The molecule has 2 N–H and O–H groups in total. The van der Waals surface area contributed by atoms with Crippen molar-refractivity contribution in [2.24, 2.45) is 0 Å². The summed E-state index contributed by atoms with van der Waals surface area (Å²) in [6.45, 7) is 2.10. The molecule has 3 nitrogen and oxygen atoms in total. The van der Waals surface area contributed by atoms with Crippen molar-refractivity contribution in [1.29, 1.82) is 0 Å². The Morgan fingerprint density at radius 2 is 1.94 bits per heavy atom.